The standard InChI is InChI=1S/C27H26F2N2/c28-23-11-12-24(29)22(17-23)18-30-26-21-13-15-31(16-14-21)27(26)25(19-7-3-1-4-8-19)20-9-5-2-6-10-20/h1-12,17-18,21,25-27H,13-16H2/b30-18+/t26-,27+/m1/s1. The van der Waals surface area contributed by atoms with Crippen LogP contribution in [0.3, 0.4) is 0 Å². The number of benzene rings is 3. The van der Waals surface area contributed by atoms with Gasteiger partial charge in [0, 0.05) is 23.7 Å². The summed E-state index contributed by atoms with van der Waals surface area (Å²) < 4.78 is 27.9. The third kappa shape index (κ3) is 4.05. The molecule has 3 heterocycles. The predicted molar refractivity (Wildman–Crippen MR) is 121 cm³/mol. The minimum atomic E-state index is -0.445. The summed E-state index contributed by atoms with van der Waals surface area (Å²) in [4.78, 5) is 7.47. The molecule has 158 valence electrons. The van der Waals surface area contributed by atoms with Crippen LogP contribution in [0.25, 0.3) is 0 Å². The minimum Gasteiger partial charge on any atom is -0.297 e. The molecule has 3 aliphatic heterocycles. The lowest BCUT2D eigenvalue weighted by molar-refractivity contribution is 0.0215. The van der Waals surface area contributed by atoms with E-state index in [4.69, 9.17) is 4.99 Å². The van der Waals surface area contributed by atoms with Crippen LogP contribution in [-0.4, -0.2) is 36.3 Å². The lowest BCUT2D eigenvalue weighted by Crippen LogP contribution is -2.59. The largest absolute Gasteiger partial charge is 0.297 e. The number of halogens is 2. The van der Waals surface area contributed by atoms with Gasteiger partial charge in [-0.05, 0) is 61.2 Å². The molecule has 3 aliphatic rings. The number of piperidine rings is 3. The Kier molecular flexibility index (Phi) is 5.65. The molecule has 3 aromatic rings. The van der Waals surface area contributed by atoms with Gasteiger partial charge >= 0.3 is 0 Å². The molecule has 2 nitrogen and oxygen atoms in total. The molecule has 0 spiro atoms. The Labute approximate surface area is 182 Å². The van der Waals surface area contributed by atoms with Crippen LogP contribution in [-0.2, 0) is 0 Å². The number of hydrogen-bond acceptors (Lipinski definition) is 2. The molecule has 0 saturated carbocycles. The van der Waals surface area contributed by atoms with E-state index in [2.05, 4.69) is 53.4 Å². The summed E-state index contributed by atoms with van der Waals surface area (Å²) in [5.41, 5.74) is 2.75. The quantitative estimate of drug-likeness (QED) is 0.489. The van der Waals surface area contributed by atoms with Gasteiger partial charge in [-0.15, -0.1) is 0 Å². The molecule has 0 N–H and O–H groups in total. The van der Waals surface area contributed by atoms with Crippen LogP contribution in [0, 0.1) is 17.6 Å². The molecule has 2 atom stereocenters. The first-order valence-electron chi connectivity index (χ1n) is 11.0. The van der Waals surface area contributed by atoms with E-state index in [0.717, 1.165) is 32.0 Å². The van der Waals surface area contributed by atoms with Gasteiger partial charge in [0.15, 0.2) is 0 Å². The van der Waals surface area contributed by atoms with Gasteiger partial charge in [0.25, 0.3) is 0 Å². The van der Waals surface area contributed by atoms with E-state index in [9.17, 15) is 8.78 Å². The van der Waals surface area contributed by atoms with E-state index in [1.54, 1.807) is 6.21 Å². The van der Waals surface area contributed by atoms with Crippen molar-refractivity contribution < 1.29 is 8.78 Å². The van der Waals surface area contributed by atoms with Crippen molar-refractivity contribution in [1.82, 2.24) is 4.90 Å². The number of aliphatic imine (C=N–C) groups is 1. The second kappa shape index (κ2) is 8.72. The van der Waals surface area contributed by atoms with Crippen molar-refractivity contribution in [3.63, 3.8) is 0 Å². The van der Waals surface area contributed by atoms with Crippen molar-refractivity contribution in [2.45, 2.75) is 30.8 Å². The molecule has 0 aliphatic carbocycles. The minimum absolute atomic E-state index is 0.0376. The molecule has 0 aromatic heterocycles. The van der Waals surface area contributed by atoms with E-state index in [1.807, 2.05) is 12.1 Å². The van der Waals surface area contributed by atoms with Crippen molar-refractivity contribution in [1.29, 1.82) is 0 Å². The van der Waals surface area contributed by atoms with Crippen LogP contribution < -0.4 is 0 Å². The van der Waals surface area contributed by atoms with Crippen LogP contribution in [0.2, 0.25) is 0 Å². The summed E-state index contributed by atoms with van der Waals surface area (Å²) >= 11 is 0. The summed E-state index contributed by atoms with van der Waals surface area (Å²) in [5.74, 6) is -0.256. The van der Waals surface area contributed by atoms with E-state index >= 15 is 0 Å². The molecule has 2 bridgehead atoms. The Morgan fingerprint density at radius 3 is 2.06 bits per heavy atom. The van der Waals surface area contributed by atoms with Crippen molar-refractivity contribution in [2.24, 2.45) is 10.9 Å². The maximum absolute atomic E-state index is 14.2. The Balaban J connectivity index is 1.56. The van der Waals surface area contributed by atoms with Gasteiger partial charge in [-0.2, -0.15) is 0 Å². The first kappa shape index (κ1) is 20.1. The molecule has 3 fully saturated rings. The molecule has 4 heteroatoms. The normalized spacial score (nSPS) is 25.4. The fraction of sp³-hybridized carbons (Fsp3) is 0.296. The van der Waals surface area contributed by atoms with Crippen LogP contribution in [0.15, 0.2) is 83.9 Å². The Morgan fingerprint density at radius 1 is 0.839 bits per heavy atom. The van der Waals surface area contributed by atoms with E-state index in [1.165, 1.54) is 23.3 Å². The molecule has 3 saturated heterocycles. The van der Waals surface area contributed by atoms with Gasteiger partial charge in [-0.25, -0.2) is 8.78 Å². The number of fused-ring (bicyclic) bond motifs is 3. The van der Waals surface area contributed by atoms with Gasteiger partial charge in [0.05, 0.1) is 6.04 Å². The molecule has 31 heavy (non-hydrogen) atoms. The zero-order valence-electron chi connectivity index (χ0n) is 17.4. The third-order valence-corrected chi connectivity index (χ3v) is 6.83. The zero-order valence-corrected chi connectivity index (χ0v) is 17.4. The van der Waals surface area contributed by atoms with Gasteiger partial charge in [0.2, 0.25) is 0 Å². The number of nitrogens with zero attached hydrogens (tertiary/aromatic N) is 2. The fourth-order valence-corrected chi connectivity index (χ4v) is 5.36. The molecule has 0 unspecified atom stereocenters. The lowest BCUT2D eigenvalue weighted by Gasteiger charge is -2.52. The Bertz CT molecular complexity index is 1000. The van der Waals surface area contributed by atoms with Crippen molar-refractivity contribution in [3.8, 4) is 0 Å². The van der Waals surface area contributed by atoms with Gasteiger partial charge in [-0.1, -0.05) is 60.7 Å². The maximum Gasteiger partial charge on any atom is 0.132 e. The van der Waals surface area contributed by atoms with E-state index in [-0.39, 0.29) is 23.6 Å². The number of hydrogen-bond donors (Lipinski definition) is 0. The van der Waals surface area contributed by atoms with Crippen LogP contribution in [0.1, 0.15) is 35.4 Å². The fourth-order valence-electron chi connectivity index (χ4n) is 5.36. The van der Waals surface area contributed by atoms with Crippen molar-refractivity contribution in [3.05, 3.63) is 107 Å². The van der Waals surface area contributed by atoms with Gasteiger partial charge in [-0.3, -0.25) is 9.89 Å². The average molecular weight is 417 g/mol. The number of rotatable bonds is 5. The Hall–Kier alpha value is -2.85. The third-order valence-electron chi connectivity index (χ3n) is 6.83. The highest BCUT2D eigenvalue weighted by molar-refractivity contribution is 5.80. The summed E-state index contributed by atoms with van der Waals surface area (Å²) in [6, 6.07) is 24.9. The second-order valence-electron chi connectivity index (χ2n) is 8.60. The zero-order chi connectivity index (χ0) is 21.2. The van der Waals surface area contributed by atoms with Crippen molar-refractivity contribution in [2.75, 3.05) is 13.1 Å². The summed E-state index contributed by atoms with van der Waals surface area (Å²) in [5, 5.41) is 0. The molecule has 0 amide bonds. The summed E-state index contributed by atoms with van der Waals surface area (Å²) in [6.45, 7) is 2.12. The lowest BCUT2D eigenvalue weighted by atomic mass is 9.71. The molecular formula is C27H26F2N2. The molecule has 3 aromatic carbocycles. The molecule has 0 radical (unpaired) electrons. The SMILES string of the molecule is Fc1ccc(F)c(/C=N/[C@@H]2C3CCN(CC3)[C@H]2C(c2ccccc2)c2ccccc2)c1. The molecule has 6 rings (SSSR count). The van der Waals surface area contributed by atoms with E-state index < -0.39 is 11.6 Å². The maximum atomic E-state index is 14.2. The highest BCUT2D eigenvalue weighted by atomic mass is 19.1. The predicted octanol–water partition coefficient (Wildman–Crippen LogP) is 5.68. The van der Waals surface area contributed by atoms with Gasteiger partial charge < -0.3 is 0 Å². The highest BCUT2D eigenvalue weighted by Gasteiger charge is 2.46. The monoisotopic (exact) mass is 416 g/mol. The molecular weight excluding hydrogens is 390 g/mol. The Morgan fingerprint density at radius 2 is 1.45 bits per heavy atom. The average Bonchev–Trinajstić information content (AvgIpc) is 2.82. The van der Waals surface area contributed by atoms with Crippen LogP contribution in [0.4, 0.5) is 8.78 Å². The van der Waals surface area contributed by atoms with Crippen LogP contribution >= 0.6 is 0 Å². The van der Waals surface area contributed by atoms with Crippen molar-refractivity contribution >= 4 is 6.21 Å². The first-order chi connectivity index (χ1) is 15.2. The smallest absolute Gasteiger partial charge is 0.132 e. The first-order valence-corrected chi connectivity index (χ1v) is 11.0. The summed E-state index contributed by atoms with van der Waals surface area (Å²) in [7, 11) is 0. The van der Waals surface area contributed by atoms with E-state index in [0.29, 0.717) is 5.92 Å². The second-order valence-corrected chi connectivity index (χ2v) is 8.60. The highest BCUT2D eigenvalue weighted by Crippen LogP contribution is 2.43. The topological polar surface area (TPSA) is 15.6 Å². The van der Waals surface area contributed by atoms with Gasteiger partial charge in [0.1, 0.15) is 11.6 Å². The summed E-state index contributed by atoms with van der Waals surface area (Å²) in [6.07, 6.45) is 3.74. The van der Waals surface area contributed by atoms with Crippen LogP contribution in [0.5, 0.6) is 0 Å².